The number of rotatable bonds is 15. The van der Waals surface area contributed by atoms with E-state index in [2.05, 4.69) is 25.6 Å². The van der Waals surface area contributed by atoms with Gasteiger partial charge in [-0.15, -0.1) is 0 Å². The number of Topliss-reactive ketones (excluding diaryl/α,β-unsaturated/α-hetero) is 1. The largest absolute Gasteiger partial charge is 0.382 e. The second-order valence-electron chi connectivity index (χ2n) is 8.80. The molecule has 0 saturated carbocycles. The van der Waals surface area contributed by atoms with E-state index < -0.39 is 41.4 Å². The summed E-state index contributed by atoms with van der Waals surface area (Å²) in [7, 11) is 2.75. The van der Waals surface area contributed by atoms with Gasteiger partial charge in [0.15, 0.2) is 11.5 Å². The van der Waals surface area contributed by atoms with E-state index in [1.165, 1.54) is 26.5 Å². The van der Waals surface area contributed by atoms with E-state index in [1.54, 1.807) is 6.92 Å². The summed E-state index contributed by atoms with van der Waals surface area (Å²) in [6, 6.07) is -1.64. The SMILES string of the molecule is COC[C@H](NC(=O)c1ccon1)C(=O)N[C@@H](COC)C(=O)N[C@@H](CCC(C)C)C(=O)[C@@]1(C)CO1. The number of aromatic nitrogens is 1. The molecule has 12 nitrogen and oxygen atoms in total. The van der Waals surface area contributed by atoms with E-state index >= 15 is 0 Å². The van der Waals surface area contributed by atoms with Crippen molar-refractivity contribution in [1.29, 1.82) is 0 Å². The van der Waals surface area contributed by atoms with Crippen molar-refractivity contribution in [1.82, 2.24) is 21.1 Å². The first kappa shape index (κ1) is 27.4. The second-order valence-corrected chi connectivity index (χ2v) is 8.80. The fraction of sp³-hybridized carbons (Fsp3) is 0.682. The van der Waals surface area contributed by atoms with E-state index in [-0.39, 0.29) is 24.7 Å². The highest BCUT2D eigenvalue weighted by atomic mass is 16.6. The van der Waals surface area contributed by atoms with Gasteiger partial charge in [-0.3, -0.25) is 19.2 Å². The summed E-state index contributed by atoms with van der Waals surface area (Å²) < 4.78 is 20.0. The molecule has 0 aromatic carbocycles. The van der Waals surface area contributed by atoms with E-state index in [1.807, 2.05) is 13.8 Å². The molecule has 2 heterocycles. The van der Waals surface area contributed by atoms with Crippen LogP contribution in [0.1, 0.15) is 44.1 Å². The highest BCUT2D eigenvalue weighted by molar-refractivity contribution is 5.99. The maximum Gasteiger partial charge on any atom is 0.274 e. The van der Waals surface area contributed by atoms with Crippen molar-refractivity contribution in [2.24, 2.45) is 5.92 Å². The van der Waals surface area contributed by atoms with Crippen LogP contribution in [-0.2, 0) is 28.6 Å². The Morgan fingerprint density at radius 3 is 2.03 bits per heavy atom. The van der Waals surface area contributed by atoms with Gasteiger partial charge in [0.25, 0.3) is 5.91 Å². The van der Waals surface area contributed by atoms with Gasteiger partial charge in [-0.1, -0.05) is 19.0 Å². The first-order chi connectivity index (χ1) is 16.1. The molecule has 0 aliphatic carbocycles. The summed E-state index contributed by atoms with van der Waals surface area (Å²) >= 11 is 0. The van der Waals surface area contributed by atoms with Gasteiger partial charge in [-0.2, -0.15) is 0 Å². The molecule has 1 fully saturated rings. The van der Waals surface area contributed by atoms with Crippen molar-refractivity contribution in [3.8, 4) is 0 Å². The molecule has 34 heavy (non-hydrogen) atoms. The topological polar surface area (TPSA) is 161 Å². The molecule has 1 saturated heterocycles. The van der Waals surface area contributed by atoms with Gasteiger partial charge in [0.1, 0.15) is 23.9 Å². The van der Waals surface area contributed by atoms with Crippen LogP contribution in [0.15, 0.2) is 16.9 Å². The molecule has 2 rings (SSSR count). The monoisotopic (exact) mass is 482 g/mol. The predicted octanol–water partition coefficient (Wildman–Crippen LogP) is -0.170. The summed E-state index contributed by atoms with van der Waals surface area (Å²) in [5, 5.41) is 11.3. The average molecular weight is 483 g/mol. The zero-order valence-electron chi connectivity index (χ0n) is 20.2. The van der Waals surface area contributed by atoms with Crippen molar-refractivity contribution in [3.63, 3.8) is 0 Å². The van der Waals surface area contributed by atoms with Crippen LogP contribution in [0.3, 0.4) is 0 Å². The Morgan fingerprint density at radius 1 is 1.00 bits per heavy atom. The van der Waals surface area contributed by atoms with Gasteiger partial charge in [0.2, 0.25) is 11.8 Å². The predicted molar refractivity (Wildman–Crippen MR) is 119 cm³/mol. The first-order valence-corrected chi connectivity index (χ1v) is 11.1. The maximum atomic E-state index is 13.0. The Balaban J connectivity index is 2.07. The normalized spacial score (nSPS) is 19.7. The Labute approximate surface area is 198 Å². The Bertz CT molecular complexity index is 838. The molecule has 1 aliphatic rings. The molecular weight excluding hydrogens is 448 g/mol. The van der Waals surface area contributed by atoms with Crippen LogP contribution in [-0.4, -0.2) is 86.4 Å². The molecule has 3 N–H and O–H groups in total. The van der Waals surface area contributed by atoms with Crippen LogP contribution in [0.5, 0.6) is 0 Å². The number of carbonyl (C=O) groups excluding carboxylic acids is 4. The summed E-state index contributed by atoms with van der Waals surface area (Å²) in [5.74, 6) is -1.77. The Kier molecular flexibility index (Phi) is 10.1. The first-order valence-electron chi connectivity index (χ1n) is 11.1. The number of hydrogen-bond donors (Lipinski definition) is 3. The molecule has 0 radical (unpaired) electrons. The van der Waals surface area contributed by atoms with Crippen molar-refractivity contribution in [2.45, 2.75) is 57.3 Å². The molecule has 0 unspecified atom stereocenters. The Hall–Kier alpha value is -2.83. The maximum absolute atomic E-state index is 13.0. The zero-order chi connectivity index (χ0) is 25.3. The minimum Gasteiger partial charge on any atom is -0.382 e. The lowest BCUT2D eigenvalue weighted by atomic mass is 9.94. The van der Waals surface area contributed by atoms with Crippen LogP contribution >= 0.6 is 0 Å². The lowest BCUT2D eigenvalue weighted by molar-refractivity contribution is -0.134. The van der Waals surface area contributed by atoms with Gasteiger partial charge in [0.05, 0.1) is 25.9 Å². The number of nitrogens with zero attached hydrogens (tertiary/aromatic N) is 1. The fourth-order valence-corrected chi connectivity index (χ4v) is 3.19. The standard InChI is InChI=1S/C22H34N4O8/c1-13(2)6-7-14(18(27)22(3)12-33-22)23-20(29)16(10-31-4)25-21(30)17(11-32-5)24-19(28)15-8-9-34-26-15/h8-9,13-14,16-17H,6-7,10-12H2,1-5H3,(H,23,29)(H,24,28)(H,25,30)/t14-,16-,17-,22+/m0/s1. The molecule has 1 aromatic rings. The van der Waals surface area contributed by atoms with Gasteiger partial charge in [-0.05, 0) is 25.7 Å². The van der Waals surface area contributed by atoms with Crippen LogP contribution < -0.4 is 16.0 Å². The zero-order valence-corrected chi connectivity index (χ0v) is 20.2. The molecule has 3 amide bonds. The number of amides is 3. The smallest absolute Gasteiger partial charge is 0.274 e. The molecule has 0 spiro atoms. The van der Waals surface area contributed by atoms with E-state index in [4.69, 9.17) is 14.2 Å². The third-order valence-electron chi connectivity index (χ3n) is 5.36. The van der Waals surface area contributed by atoms with Gasteiger partial charge in [-0.25, -0.2) is 0 Å². The fourth-order valence-electron chi connectivity index (χ4n) is 3.19. The van der Waals surface area contributed by atoms with Crippen LogP contribution in [0.25, 0.3) is 0 Å². The van der Waals surface area contributed by atoms with Crippen molar-refractivity contribution >= 4 is 23.5 Å². The molecule has 190 valence electrons. The number of nitrogens with one attached hydrogen (secondary N) is 3. The molecule has 4 atom stereocenters. The molecule has 1 aromatic heterocycles. The van der Waals surface area contributed by atoms with E-state index in [0.717, 1.165) is 6.42 Å². The minimum atomic E-state index is -1.11. The second kappa shape index (κ2) is 12.6. The number of methoxy groups -OCH3 is 2. The van der Waals surface area contributed by atoms with Crippen molar-refractivity contribution in [2.75, 3.05) is 34.0 Å². The van der Waals surface area contributed by atoms with E-state index in [0.29, 0.717) is 18.9 Å². The number of ether oxygens (including phenoxy) is 3. The average Bonchev–Trinajstić information content (AvgIpc) is 3.31. The molecule has 0 bridgehead atoms. The molecule has 12 heteroatoms. The van der Waals surface area contributed by atoms with Crippen molar-refractivity contribution < 1.29 is 37.9 Å². The number of carbonyl (C=O) groups is 4. The highest BCUT2D eigenvalue weighted by Crippen LogP contribution is 2.29. The molecular formula is C22H34N4O8. The quantitative estimate of drug-likeness (QED) is 0.288. The lowest BCUT2D eigenvalue weighted by Gasteiger charge is -2.25. The summed E-state index contributed by atoms with van der Waals surface area (Å²) in [5.41, 5.74) is -0.911. The summed E-state index contributed by atoms with van der Waals surface area (Å²) in [6.45, 7) is 5.74. The van der Waals surface area contributed by atoms with Crippen LogP contribution in [0, 0.1) is 5.92 Å². The van der Waals surface area contributed by atoms with Gasteiger partial charge < -0.3 is 34.7 Å². The lowest BCUT2D eigenvalue weighted by Crippen LogP contribution is -2.58. The van der Waals surface area contributed by atoms with Gasteiger partial charge >= 0.3 is 0 Å². The van der Waals surface area contributed by atoms with Crippen LogP contribution in [0.4, 0.5) is 0 Å². The minimum absolute atomic E-state index is 0.0117. The third-order valence-corrected chi connectivity index (χ3v) is 5.36. The van der Waals surface area contributed by atoms with Crippen LogP contribution in [0.2, 0.25) is 0 Å². The number of epoxide rings is 1. The number of hydrogen-bond acceptors (Lipinski definition) is 9. The van der Waals surface area contributed by atoms with E-state index in [9.17, 15) is 19.2 Å². The summed E-state index contributed by atoms with van der Waals surface area (Å²) in [4.78, 5) is 51.0. The Morgan fingerprint density at radius 2 is 1.56 bits per heavy atom. The third kappa shape index (κ3) is 7.89. The van der Waals surface area contributed by atoms with Gasteiger partial charge in [0, 0.05) is 20.3 Å². The highest BCUT2D eigenvalue weighted by Gasteiger charge is 2.50. The van der Waals surface area contributed by atoms with Crippen molar-refractivity contribution in [3.05, 3.63) is 18.0 Å². The molecule has 1 aliphatic heterocycles. The summed E-state index contributed by atoms with van der Waals surface area (Å²) in [6.07, 6.45) is 2.39. The number of ketones is 1.